The first-order valence-corrected chi connectivity index (χ1v) is 9.97. The van der Waals surface area contributed by atoms with Gasteiger partial charge in [-0.15, -0.1) is 5.10 Å². The van der Waals surface area contributed by atoms with Gasteiger partial charge in [-0.05, 0) is 42.0 Å². The second kappa shape index (κ2) is 9.18. The number of hydrogen-bond donors (Lipinski definition) is 4. The number of thioether (sulfide) groups is 1. The molecule has 0 unspecified atom stereocenters. The van der Waals surface area contributed by atoms with Gasteiger partial charge in [-0.1, -0.05) is 11.8 Å². The van der Waals surface area contributed by atoms with E-state index in [1.807, 2.05) is 0 Å². The van der Waals surface area contributed by atoms with Crippen molar-refractivity contribution in [2.24, 2.45) is 5.10 Å². The summed E-state index contributed by atoms with van der Waals surface area (Å²) < 4.78 is 11.0. The van der Waals surface area contributed by atoms with E-state index in [-0.39, 0.29) is 17.4 Å². The van der Waals surface area contributed by atoms with Gasteiger partial charge < -0.3 is 19.9 Å². The van der Waals surface area contributed by atoms with Crippen molar-refractivity contribution in [3.63, 3.8) is 0 Å². The molecule has 4 N–H and O–H groups in total. The Hall–Kier alpha value is -3.73. The Labute approximate surface area is 175 Å². The topological polar surface area (TPSA) is 134 Å². The zero-order valence-electron chi connectivity index (χ0n) is 15.7. The van der Waals surface area contributed by atoms with Crippen LogP contribution in [0.4, 0.5) is 11.6 Å². The normalized spacial score (nSPS) is 12.7. The SMILES string of the molecule is O=C(CSc1n[nH]c(N/N=C\c2ccc(O)cc2)n1)Nc1ccc2c(c1)OCCO2. The minimum Gasteiger partial charge on any atom is -0.508 e. The molecule has 11 heteroatoms. The molecule has 0 aliphatic carbocycles. The number of hydrogen-bond acceptors (Lipinski definition) is 9. The van der Waals surface area contributed by atoms with E-state index < -0.39 is 0 Å². The molecule has 0 saturated carbocycles. The number of aromatic amines is 1. The van der Waals surface area contributed by atoms with Crippen LogP contribution in [0.25, 0.3) is 0 Å². The standard InChI is InChI=1S/C19H18N6O4S/c26-14-4-1-12(2-5-14)10-20-23-18-22-19(25-24-18)30-11-17(27)21-13-3-6-15-16(9-13)29-8-7-28-15/h1-6,9-10,26H,7-8,11H2,(H,21,27)(H2,22,23,24,25)/b20-10-. The molecule has 3 aromatic rings. The van der Waals surface area contributed by atoms with Crippen molar-refractivity contribution in [3.05, 3.63) is 48.0 Å². The summed E-state index contributed by atoms with van der Waals surface area (Å²) in [6.07, 6.45) is 1.58. The molecule has 2 aromatic carbocycles. The lowest BCUT2D eigenvalue weighted by Crippen LogP contribution is -2.17. The second-order valence-corrected chi connectivity index (χ2v) is 7.07. The summed E-state index contributed by atoms with van der Waals surface area (Å²) >= 11 is 1.19. The second-order valence-electron chi connectivity index (χ2n) is 6.12. The molecule has 0 bridgehead atoms. The third kappa shape index (κ3) is 5.20. The van der Waals surface area contributed by atoms with E-state index >= 15 is 0 Å². The van der Waals surface area contributed by atoms with Gasteiger partial charge in [0, 0.05) is 11.8 Å². The fraction of sp³-hybridized carbons (Fsp3) is 0.158. The Morgan fingerprint density at radius 2 is 2.00 bits per heavy atom. The summed E-state index contributed by atoms with van der Waals surface area (Å²) in [5.41, 5.74) is 4.16. The number of phenols is 1. The molecule has 154 valence electrons. The van der Waals surface area contributed by atoms with Gasteiger partial charge in [-0.3, -0.25) is 4.79 Å². The van der Waals surface area contributed by atoms with E-state index in [1.165, 1.54) is 11.8 Å². The van der Waals surface area contributed by atoms with Crippen molar-refractivity contribution < 1.29 is 19.4 Å². The number of amides is 1. The molecule has 1 aliphatic heterocycles. The van der Waals surface area contributed by atoms with Gasteiger partial charge in [0.1, 0.15) is 19.0 Å². The fourth-order valence-corrected chi connectivity index (χ4v) is 3.14. The molecule has 10 nitrogen and oxygen atoms in total. The van der Waals surface area contributed by atoms with Crippen molar-refractivity contribution in [1.82, 2.24) is 15.2 Å². The van der Waals surface area contributed by atoms with E-state index in [9.17, 15) is 9.90 Å². The fourth-order valence-electron chi connectivity index (χ4n) is 2.54. The van der Waals surface area contributed by atoms with Gasteiger partial charge >= 0.3 is 0 Å². The van der Waals surface area contributed by atoms with E-state index in [0.29, 0.717) is 41.5 Å². The van der Waals surface area contributed by atoms with Crippen LogP contribution in [0.1, 0.15) is 5.56 Å². The minimum atomic E-state index is -0.193. The van der Waals surface area contributed by atoms with E-state index in [1.54, 1.807) is 48.7 Å². The molecular formula is C19H18N6O4S. The number of carbonyl (C=O) groups is 1. The summed E-state index contributed by atoms with van der Waals surface area (Å²) in [5.74, 6) is 1.77. The number of fused-ring (bicyclic) bond motifs is 1. The third-order valence-electron chi connectivity index (χ3n) is 3.90. The van der Waals surface area contributed by atoms with E-state index in [0.717, 1.165) is 5.56 Å². The van der Waals surface area contributed by atoms with Crippen LogP contribution in [-0.2, 0) is 4.79 Å². The Morgan fingerprint density at radius 1 is 1.20 bits per heavy atom. The van der Waals surface area contributed by atoms with Gasteiger partial charge in [-0.25, -0.2) is 10.5 Å². The maximum absolute atomic E-state index is 12.2. The molecular weight excluding hydrogens is 408 g/mol. The first kappa shape index (κ1) is 19.6. The lowest BCUT2D eigenvalue weighted by atomic mass is 10.2. The number of aromatic nitrogens is 3. The number of ether oxygens (including phenoxy) is 2. The summed E-state index contributed by atoms with van der Waals surface area (Å²) in [7, 11) is 0. The van der Waals surface area contributed by atoms with Crippen molar-refractivity contribution in [2.45, 2.75) is 5.16 Å². The number of hydrazone groups is 1. The first-order valence-electron chi connectivity index (χ1n) is 8.98. The van der Waals surface area contributed by atoms with Gasteiger partial charge in [0.2, 0.25) is 17.0 Å². The largest absolute Gasteiger partial charge is 0.508 e. The zero-order valence-corrected chi connectivity index (χ0v) is 16.5. The smallest absolute Gasteiger partial charge is 0.240 e. The predicted octanol–water partition coefficient (Wildman–Crippen LogP) is 2.46. The minimum absolute atomic E-state index is 0.141. The number of carbonyl (C=O) groups excluding carboxylic acids is 1. The number of nitrogens with one attached hydrogen (secondary N) is 3. The van der Waals surface area contributed by atoms with Crippen LogP contribution < -0.4 is 20.2 Å². The summed E-state index contributed by atoms with van der Waals surface area (Å²) in [6, 6.07) is 11.9. The number of nitrogens with zero attached hydrogens (tertiary/aromatic N) is 3. The average Bonchev–Trinajstić information content (AvgIpc) is 3.21. The monoisotopic (exact) mass is 426 g/mol. The molecule has 0 spiro atoms. The zero-order chi connectivity index (χ0) is 20.8. The van der Waals surface area contributed by atoms with Gasteiger partial charge in [0.15, 0.2) is 11.5 Å². The highest BCUT2D eigenvalue weighted by molar-refractivity contribution is 7.99. The van der Waals surface area contributed by atoms with Crippen LogP contribution in [0.15, 0.2) is 52.7 Å². The number of H-pyrrole nitrogens is 1. The number of benzene rings is 2. The predicted molar refractivity (Wildman–Crippen MR) is 112 cm³/mol. The first-order chi connectivity index (χ1) is 14.7. The molecule has 30 heavy (non-hydrogen) atoms. The average molecular weight is 426 g/mol. The number of aromatic hydroxyl groups is 1. The Bertz CT molecular complexity index is 1050. The highest BCUT2D eigenvalue weighted by atomic mass is 32.2. The van der Waals surface area contributed by atoms with Crippen LogP contribution >= 0.6 is 11.8 Å². The lowest BCUT2D eigenvalue weighted by molar-refractivity contribution is -0.113. The Balaban J connectivity index is 1.24. The van der Waals surface area contributed by atoms with Crippen LogP contribution in [0.2, 0.25) is 0 Å². The van der Waals surface area contributed by atoms with Crippen LogP contribution in [0, 0.1) is 0 Å². The maximum atomic E-state index is 12.2. The highest BCUT2D eigenvalue weighted by Gasteiger charge is 2.13. The van der Waals surface area contributed by atoms with E-state index in [4.69, 9.17) is 9.47 Å². The Morgan fingerprint density at radius 3 is 2.83 bits per heavy atom. The summed E-state index contributed by atoms with van der Waals surface area (Å²) in [4.78, 5) is 16.4. The third-order valence-corrected chi connectivity index (χ3v) is 4.75. The van der Waals surface area contributed by atoms with Gasteiger partial charge in [0.05, 0.1) is 12.0 Å². The molecule has 0 atom stereocenters. The highest BCUT2D eigenvalue weighted by Crippen LogP contribution is 2.32. The number of rotatable bonds is 7. The summed E-state index contributed by atoms with van der Waals surface area (Å²) in [6.45, 7) is 1.01. The molecule has 2 heterocycles. The van der Waals surface area contributed by atoms with Gasteiger partial charge in [-0.2, -0.15) is 10.1 Å². The van der Waals surface area contributed by atoms with Crippen molar-refractivity contribution >= 4 is 35.5 Å². The lowest BCUT2D eigenvalue weighted by Gasteiger charge is -2.18. The van der Waals surface area contributed by atoms with Gasteiger partial charge in [0.25, 0.3) is 0 Å². The van der Waals surface area contributed by atoms with Crippen molar-refractivity contribution in [3.8, 4) is 17.2 Å². The quantitative estimate of drug-likeness (QED) is 0.257. The molecule has 1 amide bonds. The number of anilines is 2. The summed E-state index contributed by atoms with van der Waals surface area (Å²) in [5, 5.41) is 23.2. The van der Waals surface area contributed by atoms with Crippen molar-refractivity contribution in [1.29, 1.82) is 0 Å². The van der Waals surface area contributed by atoms with Crippen molar-refractivity contribution in [2.75, 3.05) is 29.7 Å². The van der Waals surface area contributed by atoms with Crippen LogP contribution in [-0.4, -0.2) is 51.4 Å². The molecule has 0 fully saturated rings. The number of phenolic OH excluding ortho intramolecular Hbond substituents is 1. The maximum Gasteiger partial charge on any atom is 0.240 e. The molecule has 1 aliphatic rings. The molecule has 0 saturated heterocycles. The molecule has 4 rings (SSSR count). The molecule has 1 aromatic heterocycles. The molecule has 0 radical (unpaired) electrons. The van der Waals surface area contributed by atoms with Crippen LogP contribution in [0.5, 0.6) is 17.2 Å². The van der Waals surface area contributed by atoms with Crippen LogP contribution in [0.3, 0.4) is 0 Å². The Kier molecular flexibility index (Phi) is 5.99. The van der Waals surface area contributed by atoms with E-state index in [2.05, 4.69) is 31.0 Å².